The number of alkyl halides is 3. The van der Waals surface area contributed by atoms with E-state index in [0.717, 1.165) is 12.1 Å². The lowest BCUT2D eigenvalue weighted by Gasteiger charge is -2.15. The highest BCUT2D eigenvalue weighted by atomic mass is 79.9. The molecule has 0 aliphatic carbocycles. The normalized spacial score (nSPS) is 14.1. The molecule has 0 saturated heterocycles. The first-order valence-corrected chi connectivity index (χ1v) is 4.31. The molecule has 0 amide bonds. The Hall–Kier alpha value is -0.620. The van der Waals surface area contributed by atoms with Crippen LogP contribution in [0.2, 0.25) is 0 Å². The lowest BCUT2D eigenvalue weighted by molar-refractivity contribution is -0.207. The Bertz CT molecular complexity index is 337. The van der Waals surface area contributed by atoms with Gasteiger partial charge in [-0.1, -0.05) is 22.0 Å². The van der Waals surface area contributed by atoms with E-state index in [9.17, 15) is 17.6 Å². The van der Waals surface area contributed by atoms with Gasteiger partial charge in [0.25, 0.3) is 0 Å². The zero-order valence-electron chi connectivity index (χ0n) is 6.65. The number of aliphatic hydroxyl groups excluding tert-OH is 1. The SMILES string of the molecule is O[C@@H](c1ccc(Br)cc1F)C(F)(F)F. The number of hydrogen-bond acceptors (Lipinski definition) is 1. The predicted molar refractivity (Wildman–Crippen MR) is 45.1 cm³/mol. The molecular weight excluding hydrogens is 268 g/mol. The van der Waals surface area contributed by atoms with E-state index < -0.39 is 23.7 Å². The van der Waals surface area contributed by atoms with Crippen molar-refractivity contribution in [3.05, 3.63) is 34.1 Å². The molecule has 1 aromatic rings. The summed E-state index contributed by atoms with van der Waals surface area (Å²) in [4.78, 5) is 0. The molecule has 6 heteroatoms. The van der Waals surface area contributed by atoms with E-state index in [4.69, 9.17) is 5.11 Å². The standard InChI is InChI=1S/C8H5BrF4O/c9-4-1-2-5(6(10)3-4)7(14)8(11,12)13/h1-3,7,14H/t7-/m0/s1. The van der Waals surface area contributed by atoms with Crippen LogP contribution in [-0.2, 0) is 0 Å². The maximum atomic E-state index is 12.9. The third-order valence-corrected chi connectivity index (χ3v) is 2.06. The number of aliphatic hydroxyl groups is 1. The number of hydrogen-bond donors (Lipinski definition) is 1. The van der Waals surface area contributed by atoms with Gasteiger partial charge in [-0.2, -0.15) is 13.2 Å². The third-order valence-electron chi connectivity index (χ3n) is 1.57. The first-order chi connectivity index (χ1) is 6.32. The molecule has 1 rings (SSSR count). The van der Waals surface area contributed by atoms with Gasteiger partial charge in [-0.25, -0.2) is 4.39 Å². The van der Waals surface area contributed by atoms with E-state index in [2.05, 4.69) is 15.9 Å². The maximum Gasteiger partial charge on any atom is 0.418 e. The zero-order valence-corrected chi connectivity index (χ0v) is 8.23. The third kappa shape index (κ3) is 2.45. The molecule has 0 bridgehead atoms. The lowest BCUT2D eigenvalue weighted by atomic mass is 10.1. The second kappa shape index (κ2) is 3.86. The van der Waals surface area contributed by atoms with Gasteiger partial charge in [-0.05, 0) is 12.1 Å². The minimum Gasteiger partial charge on any atom is -0.379 e. The molecule has 0 fully saturated rings. The summed E-state index contributed by atoms with van der Waals surface area (Å²) >= 11 is 2.89. The topological polar surface area (TPSA) is 20.2 Å². The molecular formula is C8H5BrF4O. The second-order valence-electron chi connectivity index (χ2n) is 2.61. The summed E-state index contributed by atoms with van der Waals surface area (Å²) in [5.41, 5.74) is -0.777. The highest BCUT2D eigenvalue weighted by Gasteiger charge is 2.40. The molecule has 0 aliphatic heterocycles. The van der Waals surface area contributed by atoms with Crippen LogP contribution in [0.5, 0.6) is 0 Å². The summed E-state index contributed by atoms with van der Waals surface area (Å²) in [5.74, 6) is -1.09. The number of halogens is 5. The van der Waals surface area contributed by atoms with Crippen LogP contribution in [0.15, 0.2) is 22.7 Å². The quantitative estimate of drug-likeness (QED) is 0.779. The highest BCUT2D eigenvalue weighted by molar-refractivity contribution is 9.10. The van der Waals surface area contributed by atoms with Gasteiger partial charge >= 0.3 is 6.18 Å². The first-order valence-electron chi connectivity index (χ1n) is 3.52. The van der Waals surface area contributed by atoms with Crippen LogP contribution in [0, 0.1) is 5.82 Å². The van der Waals surface area contributed by atoms with Crippen molar-refractivity contribution < 1.29 is 22.7 Å². The van der Waals surface area contributed by atoms with Crippen molar-refractivity contribution in [1.29, 1.82) is 0 Å². The first kappa shape index (κ1) is 11.5. The fourth-order valence-electron chi connectivity index (χ4n) is 0.900. The lowest BCUT2D eigenvalue weighted by Crippen LogP contribution is -2.21. The van der Waals surface area contributed by atoms with Gasteiger partial charge in [0.1, 0.15) is 5.82 Å². The molecule has 0 spiro atoms. The van der Waals surface area contributed by atoms with Crippen LogP contribution in [-0.4, -0.2) is 11.3 Å². The minimum atomic E-state index is -4.85. The molecule has 0 saturated carbocycles. The molecule has 0 radical (unpaired) electrons. The van der Waals surface area contributed by atoms with Crippen molar-refractivity contribution in [2.75, 3.05) is 0 Å². The molecule has 1 N–H and O–H groups in total. The molecule has 1 atom stereocenters. The maximum absolute atomic E-state index is 12.9. The Kier molecular flexibility index (Phi) is 3.16. The van der Waals surface area contributed by atoms with Gasteiger partial charge in [0.15, 0.2) is 6.10 Å². The number of benzene rings is 1. The van der Waals surface area contributed by atoms with E-state index in [-0.39, 0.29) is 0 Å². The summed E-state index contributed by atoms with van der Waals surface area (Å²) in [7, 11) is 0. The molecule has 14 heavy (non-hydrogen) atoms. The summed E-state index contributed by atoms with van der Waals surface area (Å²) in [6.07, 6.45) is -7.63. The van der Waals surface area contributed by atoms with Crippen molar-refractivity contribution in [3.8, 4) is 0 Å². The smallest absolute Gasteiger partial charge is 0.379 e. The molecule has 1 nitrogen and oxygen atoms in total. The Morgan fingerprint density at radius 2 is 1.86 bits per heavy atom. The van der Waals surface area contributed by atoms with Crippen molar-refractivity contribution in [3.63, 3.8) is 0 Å². The number of rotatable bonds is 1. The van der Waals surface area contributed by atoms with Gasteiger partial charge in [0, 0.05) is 10.0 Å². The zero-order chi connectivity index (χ0) is 10.9. The Morgan fingerprint density at radius 3 is 2.29 bits per heavy atom. The highest BCUT2D eigenvalue weighted by Crippen LogP contribution is 2.34. The van der Waals surface area contributed by atoms with Gasteiger partial charge in [0.05, 0.1) is 0 Å². The van der Waals surface area contributed by atoms with Crippen LogP contribution in [0.25, 0.3) is 0 Å². The van der Waals surface area contributed by atoms with E-state index in [1.54, 1.807) is 0 Å². The molecule has 0 aromatic heterocycles. The van der Waals surface area contributed by atoms with Crippen LogP contribution >= 0.6 is 15.9 Å². The molecule has 1 aromatic carbocycles. The fraction of sp³-hybridized carbons (Fsp3) is 0.250. The van der Waals surface area contributed by atoms with Gasteiger partial charge in [-0.3, -0.25) is 0 Å². The Balaban J connectivity index is 3.08. The molecule has 0 unspecified atom stereocenters. The Labute approximate surface area is 85.5 Å². The van der Waals surface area contributed by atoms with Gasteiger partial charge in [0.2, 0.25) is 0 Å². The second-order valence-corrected chi connectivity index (χ2v) is 3.53. The molecule has 78 valence electrons. The van der Waals surface area contributed by atoms with Crippen LogP contribution in [0.1, 0.15) is 11.7 Å². The van der Waals surface area contributed by atoms with Crippen LogP contribution in [0.4, 0.5) is 17.6 Å². The molecule has 0 heterocycles. The Morgan fingerprint density at radius 1 is 1.29 bits per heavy atom. The van der Waals surface area contributed by atoms with Crippen molar-refractivity contribution in [2.45, 2.75) is 12.3 Å². The van der Waals surface area contributed by atoms with Crippen molar-refractivity contribution >= 4 is 15.9 Å². The van der Waals surface area contributed by atoms with Crippen molar-refractivity contribution in [1.82, 2.24) is 0 Å². The summed E-state index contributed by atoms with van der Waals surface area (Å²) < 4.78 is 49.2. The van der Waals surface area contributed by atoms with E-state index >= 15 is 0 Å². The average molecular weight is 273 g/mol. The van der Waals surface area contributed by atoms with Crippen molar-refractivity contribution in [2.24, 2.45) is 0 Å². The molecule has 0 aliphatic rings. The largest absolute Gasteiger partial charge is 0.418 e. The van der Waals surface area contributed by atoms with Gasteiger partial charge in [-0.15, -0.1) is 0 Å². The van der Waals surface area contributed by atoms with E-state index in [1.807, 2.05) is 0 Å². The fourth-order valence-corrected chi connectivity index (χ4v) is 1.23. The van der Waals surface area contributed by atoms with Crippen LogP contribution < -0.4 is 0 Å². The minimum absolute atomic E-state index is 0.313. The predicted octanol–water partition coefficient (Wildman–Crippen LogP) is 3.18. The average Bonchev–Trinajstić information content (AvgIpc) is 2.01. The van der Waals surface area contributed by atoms with Crippen LogP contribution in [0.3, 0.4) is 0 Å². The summed E-state index contributed by atoms with van der Waals surface area (Å²) in [5, 5.41) is 8.75. The summed E-state index contributed by atoms with van der Waals surface area (Å²) in [6, 6.07) is 2.98. The monoisotopic (exact) mass is 272 g/mol. The van der Waals surface area contributed by atoms with E-state index in [0.29, 0.717) is 4.47 Å². The summed E-state index contributed by atoms with van der Waals surface area (Å²) in [6.45, 7) is 0. The van der Waals surface area contributed by atoms with Gasteiger partial charge < -0.3 is 5.11 Å². The van der Waals surface area contributed by atoms with E-state index in [1.165, 1.54) is 6.07 Å².